The van der Waals surface area contributed by atoms with Gasteiger partial charge in [-0.2, -0.15) is 0 Å². The van der Waals surface area contributed by atoms with Crippen LogP contribution in [0.25, 0.3) is 0 Å². The highest BCUT2D eigenvalue weighted by molar-refractivity contribution is 5.94. The van der Waals surface area contributed by atoms with E-state index in [1.165, 1.54) is 76.2 Å². The number of carbonyl (C=O) groups excluding carboxylic acids is 1. The van der Waals surface area contributed by atoms with Gasteiger partial charge < -0.3 is 9.64 Å². The predicted octanol–water partition coefficient (Wildman–Crippen LogP) is 10.2. The Morgan fingerprint density at radius 2 is 1.34 bits per heavy atom. The zero-order valence-electron chi connectivity index (χ0n) is 28.5. The van der Waals surface area contributed by atoms with Gasteiger partial charge in [-0.15, -0.1) is 0 Å². The van der Waals surface area contributed by atoms with Crippen molar-refractivity contribution in [3.63, 3.8) is 0 Å². The molecule has 4 heteroatoms. The number of ether oxygens (including phenoxy) is 1. The number of amides is 1. The summed E-state index contributed by atoms with van der Waals surface area (Å²) in [5.41, 5.74) is 4.09. The maximum absolute atomic E-state index is 13.7. The second-order valence-corrected chi connectivity index (χ2v) is 13.3. The molecule has 1 aromatic heterocycles. The maximum atomic E-state index is 13.7. The molecule has 1 heterocycles. The summed E-state index contributed by atoms with van der Waals surface area (Å²) >= 11 is 0. The first-order valence-corrected chi connectivity index (χ1v) is 17.4. The largest absolute Gasteiger partial charge is 0.493 e. The molecule has 3 aromatic rings. The van der Waals surface area contributed by atoms with Gasteiger partial charge in [0, 0.05) is 24.2 Å². The summed E-state index contributed by atoms with van der Waals surface area (Å²) in [7, 11) is 0. The molecule has 1 amide bonds. The maximum Gasteiger partial charge on any atom is 0.254 e. The number of hydrogen-bond acceptors (Lipinski definition) is 2. The van der Waals surface area contributed by atoms with E-state index in [-0.39, 0.29) is 11.3 Å². The molecular formula is C40H59N2O2+. The summed E-state index contributed by atoms with van der Waals surface area (Å²) in [6.07, 6.45) is 18.2. The van der Waals surface area contributed by atoms with Crippen LogP contribution in [0, 0.1) is 0 Å². The van der Waals surface area contributed by atoms with Crippen molar-refractivity contribution in [2.24, 2.45) is 0 Å². The van der Waals surface area contributed by atoms with Crippen LogP contribution in [0.4, 0.5) is 0 Å². The predicted molar refractivity (Wildman–Crippen MR) is 184 cm³/mol. The van der Waals surface area contributed by atoms with E-state index in [4.69, 9.17) is 4.74 Å². The van der Waals surface area contributed by atoms with Crippen molar-refractivity contribution in [2.45, 2.75) is 137 Å². The van der Waals surface area contributed by atoms with Gasteiger partial charge in [-0.1, -0.05) is 129 Å². The molecule has 0 aliphatic heterocycles. The van der Waals surface area contributed by atoms with Gasteiger partial charge in [0.2, 0.25) is 5.69 Å². The smallest absolute Gasteiger partial charge is 0.254 e. The molecule has 0 spiro atoms. The van der Waals surface area contributed by atoms with E-state index in [1.807, 2.05) is 47.4 Å². The first-order chi connectivity index (χ1) is 21.3. The third kappa shape index (κ3) is 12.1. The summed E-state index contributed by atoms with van der Waals surface area (Å²) in [5, 5.41) is 0. The van der Waals surface area contributed by atoms with E-state index in [0.717, 1.165) is 36.6 Å². The summed E-state index contributed by atoms with van der Waals surface area (Å²) in [4.78, 5) is 15.7. The summed E-state index contributed by atoms with van der Waals surface area (Å²) in [6.45, 7) is 13.8. The molecule has 0 N–H and O–H groups in total. The fourth-order valence-electron chi connectivity index (χ4n) is 5.86. The Bertz CT molecular complexity index is 1230. The third-order valence-electron chi connectivity index (χ3n) is 8.52. The van der Waals surface area contributed by atoms with Crippen molar-refractivity contribution in [3.8, 4) is 5.75 Å². The van der Waals surface area contributed by atoms with Gasteiger partial charge in [-0.25, -0.2) is 4.57 Å². The molecule has 0 atom stereocenters. The average Bonchev–Trinajstić information content (AvgIpc) is 3.03. The van der Waals surface area contributed by atoms with Crippen molar-refractivity contribution < 1.29 is 14.1 Å². The summed E-state index contributed by atoms with van der Waals surface area (Å²) in [5.74, 6) is 1.01. The monoisotopic (exact) mass is 599 g/mol. The van der Waals surface area contributed by atoms with Crippen molar-refractivity contribution in [1.82, 2.24) is 4.90 Å². The molecule has 0 saturated carbocycles. The van der Waals surface area contributed by atoms with Crippen LogP contribution in [0.2, 0.25) is 0 Å². The minimum Gasteiger partial charge on any atom is -0.493 e. The number of rotatable bonds is 20. The van der Waals surface area contributed by atoms with Gasteiger partial charge >= 0.3 is 0 Å². The van der Waals surface area contributed by atoms with Crippen LogP contribution >= 0.6 is 0 Å². The van der Waals surface area contributed by atoms with Crippen LogP contribution in [-0.2, 0) is 25.0 Å². The second kappa shape index (κ2) is 19.3. The van der Waals surface area contributed by atoms with E-state index in [0.29, 0.717) is 18.7 Å². The highest BCUT2D eigenvalue weighted by atomic mass is 16.5. The van der Waals surface area contributed by atoms with Crippen LogP contribution in [0.1, 0.15) is 139 Å². The Labute approximate surface area is 268 Å². The fourth-order valence-corrected chi connectivity index (χ4v) is 5.86. The highest BCUT2D eigenvalue weighted by Crippen LogP contribution is 2.33. The Morgan fingerprint density at radius 1 is 0.727 bits per heavy atom. The molecule has 0 bridgehead atoms. The molecule has 0 aliphatic carbocycles. The Balaban J connectivity index is 1.58. The highest BCUT2D eigenvalue weighted by Gasteiger charge is 2.24. The lowest BCUT2D eigenvalue weighted by molar-refractivity contribution is -0.701. The van der Waals surface area contributed by atoms with Crippen molar-refractivity contribution in [1.29, 1.82) is 0 Å². The number of aryl methyl sites for hydroxylation is 1. The van der Waals surface area contributed by atoms with E-state index < -0.39 is 0 Å². The SMILES string of the molecule is CCCCCCCCCCCCCCOc1ccc(CN(Cc2cccc[n+]2CC)C(=O)c2ccccc2)cc1C(C)(C)C. The Morgan fingerprint density at radius 3 is 1.95 bits per heavy atom. The van der Waals surface area contributed by atoms with Crippen LogP contribution < -0.4 is 9.30 Å². The molecule has 44 heavy (non-hydrogen) atoms. The number of unbranched alkanes of at least 4 members (excludes halogenated alkanes) is 11. The normalized spacial score (nSPS) is 11.5. The molecule has 0 fully saturated rings. The summed E-state index contributed by atoms with van der Waals surface area (Å²) in [6, 6.07) is 22.3. The molecular weight excluding hydrogens is 540 g/mol. The van der Waals surface area contributed by atoms with Crippen molar-refractivity contribution in [2.75, 3.05) is 6.61 Å². The van der Waals surface area contributed by atoms with Crippen molar-refractivity contribution >= 4 is 5.91 Å². The fraction of sp³-hybridized carbons (Fsp3) is 0.550. The lowest BCUT2D eigenvalue weighted by atomic mass is 9.85. The van der Waals surface area contributed by atoms with Crippen LogP contribution in [0.5, 0.6) is 5.75 Å². The summed E-state index contributed by atoms with van der Waals surface area (Å²) < 4.78 is 8.58. The minimum absolute atomic E-state index is 0.0433. The number of aromatic nitrogens is 1. The molecule has 0 aliphatic rings. The van der Waals surface area contributed by atoms with Crippen molar-refractivity contribution in [3.05, 3.63) is 95.3 Å². The van der Waals surface area contributed by atoms with E-state index in [2.05, 4.69) is 69.6 Å². The van der Waals surface area contributed by atoms with E-state index in [9.17, 15) is 4.79 Å². The number of pyridine rings is 1. The third-order valence-corrected chi connectivity index (χ3v) is 8.52. The molecule has 2 aromatic carbocycles. The van der Waals surface area contributed by atoms with Gasteiger partial charge in [0.25, 0.3) is 5.91 Å². The lowest BCUT2D eigenvalue weighted by Crippen LogP contribution is -2.41. The number of benzene rings is 2. The quantitative estimate of drug-likeness (QED) is 0.0956. The number of nitrogens with zero attached hydrogens (tertiary/aromatic N) is 2. The zero-order chi connectivity index (χ0) is 31.6. The number of hydrogen-bond donors (Lipinski definition) is 0. The molecule has 0 unspecified atom stereocenters. The van der Waals surface area contributed by atoms with Gasteiger partial charge in [-0.3, -0.25) is 4.79 Å². The van der Waals surface area contributed by atoms with Gasteiger partial charge in [-0.05, 0) is 54.2 Å². The first-order valence-electron chi connectivity index (χ1n) is 17.4. The minimum atomic E-state index is -0.0686. The van der Waals surface area contributed by atoms with Gasteiger partial charge in [0.15, 0.2) is 6.20 Å². The average molecular weight is 600 g/mol. The molecule has 3 rings (SSSR count). The molecule has 240 valence electrons. The van der Waals surface area contributed by atoms with Crippen LogP contribution in [-0.4, -0.2) is 17.4 Å². The van der Waals surface area contributed by atoms with Gasteiger partial charge in [0.05, 0.1) is 6.61 Å². The zero-order valence-corrected chi connectivity index (χ0v) is 28.5. The lowest BCUT2D eigenvalue weighted by Gasteiger charge is -2.26. The van der Waals surface area contributed by atoms with Crippen LogP contribution in [0.3, 0.4) is 0 Å². The second-order valence-electron chi connectivity index (χ2n) is 13.3. The Hall–Kier alpha value is -3.14. The van der Waals surface area contributed by atoms with Gasteiger partial charge in [0.1, 0.15) is 18.8 Å². The molecule has 0 radical (unpaired) electrons. The topological polar surface area (TPSA) is 33.4 Å². The molecule has 0 saturated heterocycles. The van der Waals surface area contributed by atoms with Crippen LogP contribution in [0.15, 0.2) is 72.9 Å². The molecule has 4 nitrogen and oxygen atoms in total. The van der Waals surface area contributed by atoms with E-state index >= 15 is 0 Å². The van der Waals surface area contributed by atoms with E-state index in [1.54, 1.807) is 0 Å². The number of carbonyl (C=O) groups is 1. The Kier molecular flexibility index (Phi) is 15.5. The first kappa shape index (κ1) is 35.3. The standard InChI is InChI=1S/C40H59N2O2/c1-6-8-9-10-11-12-13-14-15-16-17-23-30-44-38-28-27-34(31-37(38)40(3,4)5)32-42(39(43)35-24-19-18-20-25-35)33-36-26-21-22-29-41(36)7-2/h18-22,24-29,31H,6-17,23,30,32-33H2,1-5H3/q+1.